The molecule has 2 N–H and O–H groups in total. The van der Waals surface area contributed by atoms with Crippen LogP contribution in [0.1, 0.15) is 20.3 Å². The Morgan fingerprint density at radius 2 is 1.67 bits per heavy atom. The minimum Gasteiger partial charge on any atom is -0.355 e. The Balaban J connectivity index is 3.33. The lowest BCUT2D eigenvalue weighted by molar-refractivity contribution is -0.121. The van der Waals surface area contributed by atoms with Crippen molar-refractivity contribution < 1.29 is 14.4 Å². The van der Waals surface area contributed by atoms with Crippen LogP contribution < -0.4 is 10.6 Å². The average molecular weight is 232 g/mol. The van der Waals surface area contributed by atoms with Gasteiger partial charge in [0.25, 0.3) is 0 Å². The van der Waals surface area contributed by atoms with E-state index >= 15 is 0 Å². The largest absolute Gasteiger partial charge is 0.355 e. The second kappa shape index (κ2) is 8.28. The molecule has 15 heavy (non-hydrogen) atoms. The molecule has 0 bridgehead atoms. The highest BCUT2D eigenvalue weighted by Gasteiger charge is 2.01. The molecular formula is C9H16N2O3S. The minimum atomic E-state index is -0.114. The van der Waals surface area contributed by atoms with E-state index in [-0.39, 0.29) is 16.9 Å². The number of rotatable bonds is 6. The standard InChI is InChI=1S/C9H16N2O3S/c1-7(12)10-4-5-11-9(14)3-6-15-8(2)13/h3-6H2,1-2H3,(H,10,12)(H,11,14). The van der Waals surface area contributed by atoms with Crippen molar-refractivity contribution in [3.05, 3.63) is 0 Å². The van der Waals surface area contributed by atoms with Gasteiger partial charge in [-0.2, -0.15) is 0 Å². The second-order valence-electron chi connectivity index (χ2n) is 2.92. The Morgan fingerprint density at radius 3 is 2.20 bits per heavy atom. The van der Waals surface area contributed by atoms with Crippen LogP contribution in [0.2, 0.25) is 0 Å². The highest BCUT2D eigenvalue weighted by atomic mass is 32.2. The number of carbonyl (C=O) groups is 3. The Morgan fingerprint density at radius 1 is 1.07 bits per heavy atom. The van der Waals surface area contributed by atoms with Crippen molar-refractivity contribution >= 4 is 28.7 Å². The third-order valence-corrected chi connectivity index (χ3v) is 2.27. The number of amides is 2. The molecule has 0 saturated carbocycles. The van der Waals surface area contributed by atoms with Gasteiger partial charge in [-0.1, -0.05) is 11.8 Å². The number of carbonyl (C=O) groups excluding carboxylic acids is 3. The maximum atomic E-state index is 11.1. The SMILES string of the molecule is CC(=O)NCCNC(=O)CCSC(C)=O. The van der Waals surface area contributed by atoms with Crippen molar-refractivity contribution in [3.8, 4) is 0 Å². The first-order valence-electron chi connectivity index (χ1n) is 4.67. The van der Waals surface area contributed by atoms with Gasteiger partial charge in [0.05, 0.1) is 0 Å². The van der Waals surface area contributed by atoms with Crippen molar-refractivity contribution in [2.75, 3.05) is 18.8 Å². The first kappa shape index (κ1) is 14.0. The molecule has 5 nitrogen and oxygen atoms in total. The number of hydrogen-bond acceptors (Lipinski definition) is 4. The van der Waals surface area contributed by atoms with Crippen molar-refractivity contribution in [2.24, 2.45) is 0 Å². The lowest BCUT2D eigenvalue weighted by atomic mass is 10.4. The van der Waals surface area contributed by atoms with E-state index in [0.717, 1.165) is 11.8 Å². The van der Waals surface area contributed by atoms with Crippen LogP contribution in [-0.2, 0) is 14.4 Å². The molecule has 2 amide bonds. The molecule has 0 fully saturated rings. The van der Waals surface area contributed by atoms with Gasteiger partial charge in [-0.3, -0.25) is 14.4 Å². The highest BCUT2D eigenvalue weighted by molar-refractivity contribution is 8.13. The van der Waals surface area contributed by atoms with E-state index in [1.54, 1.807) is 0 Å². The Hall–Kier alpha value is -1.04. The molecule has 86 valence electrons. The van der Waals surface area contributed by atoms with Gasteiger partial charge in [-0.05, 0) is 0 Å². The molecule has 0 aromatic rings. The fourth-order valence-electron chi connectivity index (χ4n) is 0.816. The first-order valence-corrected chi connectivity index (χ1v) is 5.65. The summed E-state index contributed by atoms with van der Waals surface area (Å²) in [4.78, 5) is 32.1. The van der Waals surface area contributed by atoms with Crippen molar-refractivity contribution in [1.82, 2.24) is 10.6 Å². The summed E-state index contributed by atoms with van der Waals surface area (Å²) < 4.78 is 0. The average Bonchev–Trinajstić information content (AvgIpc) is 2.11. The van der Waals surface area contributed by atoms with E-state index in [4.69, 9.17) is 0 Å². The molecule has 0 aromatic heterocycles. The molecule has 0 heterocycles. The maximum Gasteiger partial charge on any atom is 0.220 e. The fourth-order valence-corrected chi connectivity index (χ4v) is 1.39. The van der Waals surface area contributed by atoms with E-state index in [1.807, 2.05) is 0 Å². The van der Waals surface area contributed by atoms with E-state index < -0.39 is 0 Å². The maximum absolute atomic E-state index is 11.1. The Kier molecular flexibility index (Phi) is 7.71. The predicted octanol–water partition coefficient (Wildman–Crippen LogP) is -0.0915. The summed E-state index contributed by atoms with van der Waals surface area (Å²) in [6.07, 6.45) is 0.324. The van der Waals surface area contributed by atoms with Crippen molar-refractivity contribution in [2.45, 2.75) is 20.3 Å². The summed E-state index contributed by atoms with van der Waals surface area (Å²) >= 11 is 1.13. The quantitative estimate of drug-likeness (QED) is 0.628. The Bertz CT molecular complexity index is 244. The second-order valence-corrected chi connectivity index (χ2v) is 4.19. The number of thioether (sulfide) groups is 1. The molecule has 0 aliphatic heterocycles. The summed E-state index contributed by atoms with van der Waals surface area (Å²) in [5.41, 5.74) is 0. The van der Waals surface area contributed by atoms with Crippen LogP contribution in [0.5, 0.6) is 0 Å². The summed E-state index contributed by atoms with van der Waals surface area (Å²) in [5, 5.41) is 5.21. The van der Waals surface area contributed by atoms with Gasteiger partial charge < -0.3 is 10.6 Å². The molecule has 0 spiro atoms. The predicted molar refractivity (Wildman–Crippen MR) is 59.4 cm³/mol. The molecule has 0 radical (unpaired) electrons. The zero-order chi connectivity index (χ0) is 11.7. The number of hydrogen-bond donors (Lipinski definition) is 2. The van der Waals surface area contributed by atoms with E-state index in [0.29, 0.717) is 25.3 Å². The molecule has 0 aromatic carbocycles. The summed E-state index contributed by atoms with van der Waals surface area (Å²) in [6.45, 7) is 3.74. The zero-order valence-electron chi connectivity index (χ0n) is 8.96. The zero-order valence-corrected chi connectivity index (χ0v) is 9.78. The lowest BCUT2D eigenvalue weighted by Gasteiger charge is -2.04. The van der Waals surface area contributed by atoms with Gasteiger partial charge in [0, 0.05) is 39.1 Å². The smallest absolute Gasteiger partial charge is 0.220 e. The van der Waals surface area contributed by atoms with Gasteiger partial charge in [-0.25, -0.2) is 0 Å². The van der Waals surface area contributed by atoms with Crippen LogP contribution in [0.3, 0.4) is 0 Å². The van der Waals surface area contributed by atoms with Gasteiger partial charge in [-0.15, -0.1) is 0 Å². The fraction of sp³-hybridized carbons (Fsp3) is 0.667. The molecular weight excluding hydrogens is 216 g/mol. The summed E-state index contributed by atoms with van der Waals surface area (Å²) in [7, 11) is 0. The van der Waals surface area contributed by atoms with Crippen LogP contribution in [0.25, 0.3) is 0 Å². The molecule has 0 saturated heterocycles. The molecule has 0 unspecified atom stereocenters. The normalized spacial score (nSPS) is 9.47. The van der Waals surface area contributed by atoms with Crippen molar-refractivity contribution in [3.63, 3.8) is 0 Å². The third-order valence-electron chi connectivity index (χ3n) is 1.46. The molecule has 0 rings (SSSR count). The molecule has 6 heteroatoms. The molecule has 0 atom stereocenters. The van der Waals surface area contributed by atoms with Crippen molar-refractivity contribution in [1.29, 1.82) is 0 Å². The molecule has 0 aliphatic rings. The van der Waals surface area contributed by atoms with Gasteiger partial charge in [0.1, 0.15) is 0 Å². The minimum absolute atomic E-state index is 0.0149. The van der Waals surface area contributed by atoms with Crippen LogP contribution in [-0.4, -0.2) is 35.8 Å². The van der Waals surface area contributed by atoms with E-state index in [2.05, 4.69) is 10.6 Å². The molecule has 0 aliphatic carbocycles. The number of nitrogens with one attached hydrogen (secondary N) is 2. The van der Waals surface area contributed by atoms with Crippen LogP contribution in [0.4, 0.5) is 0 Å². The monoisotopic (exact) mass is 232 g/mol. The van der Waals surface area contributed by atoms with Crippen LogP contribution in [0.15, 0.2) is 0 Å². The lowest BCUT2D eigenvalue weighted by Crippen LogP contribution is -2.33. The van der Waals surface area contributed by atoms with Gasteiger partial charge in [0.15, 0.2) is 5.12 Å². The third kappa shape index (κ3) is 10.9. The van der Waals surface area contributed by atoms with Gasteiger partial charge in [0.2, 0.25) is 11.8 Å². The van der Waals surface area contributed by atoms with E-state index in [9.17, 15) is 14.4 Å². The topological polar surface area (TPSA) is 75.3 Å². The highest BCUT2D eigenvalue weighted by Crippen LogP contribution is 2.02. The summed E-state index contributed by atoms with van der Waals surface area (Å²) in [6, 6.07) is 0. The van der Waals surface area contributed by atoms with Crippen LogP contribution >= 0.6 is 11.8 Å². The summed E-state index contributed by atoms with van der Waals surface area (Å²) in [5.74, 6) is 0.284. The Labute approximate surface area is 93.4 Å². The van der Waals surface area contributed by atoms with Gasteiger partial charge >= 0.3 is 0 Å². The van der Waals surface area contributed by atoms with Crippen LogP contribution in [0, 0.1) is 0 Å². The van der Waals surface area contributed by atoms with E-state index in [1.165, 1.54) is 13.8 Å². The first-order chi connectivity index (χ1) is 7.02.